The van der Waals surface area contributed by atoms with Crippen LogP contribution in [-0.2, 0) is 19.3 Å². The lowest BCUT2D eigenvalue weighted by Gasteiger charge is -2.45. The zero-order valence-corrected chi connectivity index (χ0v) is 14.0. The minimum atomic E-state index is -0.912. The van der Waals surface area contributed by atoms with Crippen LogP contribution in [0.4, 0.5) is 0 Å². The molecule has 0 amide bonds. The van der Waals surface area contributed by atoms with Crippen molar-refractivity contribution in [1.29, 1.82) is 0 Å². The monoisotopic (exact) mass is 286 g/mol. The second-order valence-electron chi connectivity index (χ2n) is 7.59. The molecule has 1 rings (SSSR count). The van der Waals surface area contributed by atoms with Gasteiger partial charge in [0.2, 0.25) is 5.60 Å². The molecule has 0 radical (unpaired) electrons. The van der Waals surface area contributed by atoms with Crippen LogP contribution in [0.2, 0.25) is 0 Å². The van der Waals surface area contributed by atoms with E-state index in [4.69, 9.17) is 14.5 Å². The summed E-state index contributed by atoms with van der Waals surface area (Å²) in [5.41, 5.74) is -1.32. The Kier molecular flexibility index (Phi) is 5.25. The second-order valence-corrected chi connectivity index (χ2v) is 7.59. The van der Waals surface area contributed by atoms with Crippen molar-refractivity contribution in [1.82, 2.24) is 0 Å². The molecule has 0 aromatic heterocycles. The second kappa shape index (κ2) is 6.02. The first-order valence-electron chi connectivity index (χ1n) is 7.64. The lowest BCUT2D eigenvalue weighted by atomic mass is 9.83. The van der Waals surface area contributed by atoms with Gasteiger partial charge in [-0.1, -0.05) is 41.0 Å². The molecule has 0 bridgehead atoms. The first-order valence-corrected chi connectivity index (χ1v) is 7.64. The van der Waals surface area contributed by atoms with Crippen LogP contribution in [0.1, 0.15) is 74.1 Å². The van der Waals surface area contributed by atoms with E-state index < -0.39 is 11.2 Å². The zero-order valence-electron chi connectivity index (χ0n) is 14.0. The smallest absolute Gasteiger partial charge is 0.345 e. The van der Waals surface area contributed by atoms with E-state index in [1.165, 1.54) is 0 Å². The van der Waals surface area contributed by atoms with Crippen LogP contribution in [0.3, 0.4) is 0 Å². The number of hydrogen-bond acceptors (Lipinski definition) is 4. The van der Waals surface area contributed by atoms with Crippen molar-refractivity contribution in [2.75, 3.05) is 0 Å². The summed E-state index contributed by atoms with van der Waals surface area (Å²) in [4.78, 5) is 22.8. The molecule has 20 heavy (non-hydrogen) atoms. The van der Waals surface area contributed by atoms with Gasteiger partial charge >= 0.3 is 5.97 Å². The summed E-state index contributed by atoms with van der Waals surface area (Å²) < 4.78 is 5.74. The fourth-order valence-electron chi connectivity index (χ4n) is 3.02. The molecule has 0 aromatic carbocycles. The molecule has 0 aliphatic carbocycles. The molecule has 118 valence electrons. The maximum Gasteiger partial charge on any atom is 0.345 e. The molecule has 2 atom stereocenters. The van der Waals surface area contributed by atoms with Crippen LogP contribution in [0.25, 0.3) is 0 Å². The lowest BCUT2D eigenvalue weighted by Crippen LogP contribution is -2.62. The quantitative estimate of drug-likeness (QED) is 0.546. The Bertz CT molecular complexity index is 339. The van der Waals surface area contributed by atoms with Gasteiger partial charge in [-0.2, -0.15) is 0 Å². The zero-order chi connectivity index (χ0) is 15.6. The highest BCUT2D eigenvalue weighted by Gasteiger charge is 2.58. The number of carbonyl (C=O) groups excluding carboxylic acids is 1. The Hall–Kier alpha value is -0.610. The molecule has 0 unspecified atom stereocenters. The van der Waals surface area contributed by atoms with Crippen LogP contribution in [-0.4, -0.2) is 23.3 Å². The van der Waals surface area contributed by atoms with Gasteiger partial charge in [0.05, 0.1) is 0 Å². The van der Waals surface area contributed by atoms with E-state index >= 15 is 0 Å². The predicted octanol–water partition coefficient (Wildman–Crippen LogP) is 4.02. The molecule has 0 spiro atoms. The van der Waals surface area contributed by atoms with Gasteiger partial charge in [0.25, 0.3) is 0 Å². The van der Waals surface area contributed by atoms with Gasteiger partial charge in [-0.3, -0.25) is 0 Å². The van der Waals surface area contributed by atoms with E-state index in [-0.39, 0.29) is 17.5 Å². The van der Waals surface area contributed by atoms with Gasteiger partial charge in [-0.25, -0.2) is 14.6 Å². The third kappa shape index (κ3) is 3.95. The summed E-state index contributed by atoms with van der Waals surface area (Å²) in [6.45, 7) is 14.3. The number of rotatable bonds is 6. The van der Waals surface area contributed by atoms with Crippen molar-refractivity contribution < 1.29 is 19.3 Å². The van der Waals surface area contributed by atoms with E-state index in [0.29, 0.717) is 6.42 Å². The third-order valence-electron chi connectivity index (χ3n) is 3.58. The van der Waals surface area contributed by atoms with Gasteiger partial charge in [0, 0.05) is 0 Å². The molecular weight excluding hydrogens is 256 g/mol. The Morgan fingerprint density at radius 1 is 1.20 bits per heavy atom. The molecular formula is C16H30O4. The molecule has 4 nitrogen and oxygen atoms in total. The van der Waals surface area contributed by atoms with Crippen molar-refractivity contribution in [2.45, 2.75) is 91.5 Å². The first kappa shape index (κ1) is 17.4. The topological polar surface area (TPSA) is 44.8 Å². The number of carbonyl (C=O) groups is 1. The molecule has 0 saturated carbocycles. The molecule has 0 aromatic rings. The van der Waals surface area contributed by atoms with Crippen LogP contribution in [0.15, 0.2) is 0 Å². The van der Waals surface area contributed by atoms with Crippen molar-refractivity contribution in [2.24, 2.45) is 5.41 Å². The molecule has 1 aliphatic heterocycles. The van der Waals surface area contributed by atoms with Gasteiger partial charge in [-0.15, -0.1) is 0 Å². The highest BCUT2D eigenvalue weighted by molar-refractivity contribution is 5.81. The SMILES string of the molecule is CCC[C@H]1OO[C@]1(CC)C(=O)OC(C)(C)CC(C)(C)C. The minimum absolute atomic E-state index is 0.100. The van der Waals surface area contributed by atoms with E-state index in [2.05, 4.69) is 27.7 Å². The predicted molar refractivity (Wildman–Crippen MR) is 78.1 cm³/mol. The maximum absolute atomic E-state index is 12.5. The summed E-state index contributed by atoms with van der Waals surface area (Å²) in [6.07, 6.45) is 2.94. The standard InChI is InChI=1S/C16H30O4/c1-8-10-12-16(9-2,20-19-12)13(17)18-15(6,7)11-14(3,4)5/h12H,8-11H2,1-7H3/t12-,16+/m1/s1. The Balaban J connectivity index is 2.73. The Morgan fingerprint density at radius 3 is 2.15 bits per heavy atom. The summed E-state index contributed by atoms with van der Waals surface area (Å²) in [5.74, 6) is -0.293. The lowest BCUT2D eigenvalue weighted by molar-refractivity contribution is -0.499. The fourth-order valence-corrected chi connectivity index (χ4v) is 3.02. The molecule has 1 heterocycles. The summed E-state index contributed by atoms with van der Waals surface area (Å²) >= 11 is 0. The summed E-state index contributed by atoms with van der Waals surface area (Å²) in [7, 11) is 0. The van der Waals surface area contributed by atoms with Crippen molar-refractivity contribution >= 4 is 5.97 Å². The summed E-state index contributed by atoms with van der Waals surface area (Å²) in [6, 6.07) is 0. The van der Waals surface area contributed by atoms with Crippen molar-refractivity contribution in [3.8, 4) is 0 Å². The van der Waals surface area contributed by atoms with Crippen LogP contribution < -0.4 is 0 Å². The minimum Gasteiger partial charge on any atom is -0.457 e. The van der Waals surface area contributed by atoms with Gasteiger partial charge in [0.1, 0.15) is 11.7 Å². The van der Waals surface area contributed by atoms with Crippen molar-refractivity contribution in [3.63, 3.8) is 0 Å². The van der Waals surface area contributed by atoms with E-state index in [9.17, 15) is 4.79 Å². The molecule has 1 saturated heterocycles. The molecule has 1 aliphatic rings. The van der Waals surface area contributed by atoms with E-state index in [1.807, 2.05) is 20.8 Å². The van der Waals surface area contributed by atoms with Gasteiger partial charge in [-0.05, 0) is 38.5 Å². The normalized spacial score (nSPS) is 27.1. The van der Waals surface area contributed by atoms with Gasteiger partial charge in [0.15, 0.2) is 0 Å². The third-order valence-corrected chi connectivity index (χ3v) is 3.58. The first-order chi connectivity index (χ1) is 9.06. The van der Waals surface area contributed by atoms with E-state index in [1.54, 1.807) is 0 Å². The number of ether oxygens (including phenoxy) is 1. The Labute approximate surface area is 123 Å². The average Bonchev–Trinajstić information content (AvgIpc) is 2.21. The maximum atomic E-state index is 12.5. The van der Waals surface area contributed by atoms with Crippen molar-refractivity contribution in [3.05, 3.63) is 0 Å². The molecule has 1 fully saturated rings. The highest BCUT2D eigenvalue weighted by atomic mass is 17.3. The van der Waals surface area contributed by atoms with E-state index in [0.717, 1.165) is 19.3 Å². The molecule has 0 N–H and O–H groups in total. The fraction of sp³-hybridized carbons (Fsp3) is 0.938. The average molecular weight is 286 g/mol. The Morgan fingerprint density at radius 2 is 1.80 bits per heavy atom. The largest absolute Gasteiger partial charge is 0.457 e. The number of hydrogen-bond donors (Lipinski definition) is 0. The summed E-state index contributed by atoms with van der Waals surface area (Å²) in [5, 5.41) is 0. The highest BCUT2D eigenvalue weighted by Crippen LogP contribution is 2.39. The van der Waals surface area contributed by atoms with Gasteiger partial charge < -0.3 is 4.74 Å². The van der Waals surface area contributed by atoms with Crippen LogP contribution in [0.5, 0.6) is 0 Å². The number of esters is 1. The van der Waals surface area contributed by atoms with Crippen LogP contribution >= 0.6 is 0 Å². The molecule has 4 heteroatoms. The van der Waals surface area contributed by atoms with Crippen LogP contribution in [0, 0.1) is 5.41 Å².